The number of carbonyl (C=O) groups excluding carboxylic acids is 1. The third-order valence-electron chi connectivity index (χ3n) is 2.16. The maximum atomic E-state index is 10.6. The summed E-state index contributed by atoms with van der Waals surface area (Å²) >= 11 is 0. The van der Waals surface area contributed by atoms with E-state index >= 15 is 0 Å². The van der Waals surface area contributed by atoms with Crippen molar-refractivity contribution < 1.29 is 34.8 Å². The van der Waals surface area contributed by atoms with Gasteiger partial charge in [-0.15, -0.1) is 0 Å². The molecule has 0 aromatic rings. The maximum absolute atomic E-state index is 10.6. The van der Waals surface area contributed by atoms with E-state index in [0.29, 0.717) is 0 Å². The second-order valence-electron chi connectivity index (χ2n) is 3.54. The van der Waals surface area contributed by atoms with Crippen molar-refractivity contribution in [1.29, 1.82) is 0 Å². The van der Waals surface area contributed by atoms with Crippen LogP contribution in [0.15, 0.2) is 0 Å². The number of rotatable bonds is 8. The molecule has 0 bridgehead atoms. The second-order valence-corrected chi connectivity index (χ2v) is 3.54. The van der Waals surface area contributed by atoms with Gasteiger partial charge in [-0.25, -0.2) is 4.79 Å². The number of carboxylic acid groups (broad SMARTS) is 1. The minimum atomic E-state index is -1.66. The monoisotopic (exact) mass is 251 g/mol. The van der Waals surface area contributed by atoms with Gasteiger partial charge in [0.1, 0.15) is 24.6 Å². The van der Waals surface area contributed by atoms with E-state index < -0.39 is 43.0 Å². The summed E-state index contributed by atoms with van der Waals surface area (Å²) in [5.41, 5.74) is 5.32. The Morgan fingerprint density at radius 3 is 2.35 bits per heavy atom. The maximum Gasteiger partial charge on any atom is 0.332 e. The predicted octanol–water partition coefficient (Wildman–Crippen LogP) is -2.91. The highest BCUT2D eigenvalue weighted by atomic mass is 16.5. The molecule has 0 spiro atoms. The second kappa shape index (κ2) is 7.30. The number of aliphatic hydroxyl groups excluding tert-OH is 3. The van der Waals surface area contributed by atoms with Gasteiger partial charge in [-0.2, -0.15) is 0 Å². The quantitative estimate of drug-likeness (QED) is 0.288. The number of aldehydes is 1. The predicted molar refractivity (Wildman–Crippen MR) is 55.1 cm³/mol. The first kappa shape index (κ1) is 15.9. The lowest BCUT2D eigenvalue weighted by atomic mass is 10.0. The Kier molecular flexibility index (Phi) is 6.85. The molecule has 0 aromatic carbocycles. The Balaban J connectivity index is 4.75. The van der Waals surface area contributed by atoms with E-state index in [0.717, 1.165) is 0 Å². The first-order valence-corrected chi connectivity index (χ1v) is 4.91. The third-order valence-corrected chi connectivity index (χ3v) is 2.16. The van der Waals surface area contributed by atoms with Gasteiger partial charge in [0, 0.05) is 0 Å². The summed E-state index contributed by atoms with van der Waals surface area (Å²) in [7, 11) is 0. The summed E-state index contributed by atoms with van der Waals surface area (Å²) in [5.74, 6) is -1.31. The third kappa shape index (κ3) is 4.75. The van der Waals surface area contributed by atoms with Gasteiger partial charge in [-0.1, -0.05) is 0 Å². The van der Waals surface area contributed by atoms with Gasteiger partial charge in [0.15, 0.2) is 6.10 Å². The first-order chi connectivity index (χ1) is 7.84. The summed E-state index contributed by atoms with van der Waals surface area (Å²) < 4.78 is 4.87. The van der Waals surface area contributed by atoms with Gasteiger partial charge < -0.3 is 35.7 Å². The van der Waals surface area contributed by atoms with Crippen molar-refractivity contribution in [3.63, 3.8) is 0 Å². The summed E-state index contributed by atoms with van der Waals surface area (Å²) in [4.78, 5) is 21.1. The first-order valence-electron chi connectivity index (χ1n) is 4.91. The van der Waals surface area contributed by atoms with Gasteiger partial charge >= 0.3 is 5.97 Å². The van der Waals surface area contributed by atoms with Crippen molar-refractivity contribution in [2.75, 3.05) is 6.61 Å². The molecule has 0 saturated carbocycles. The van der Waals surface area contributed by atoms with Crippen LogP contribution in [0.4, 0.5) is 0 Å². The molecule has 0 amide bonds. The highest BCUT2D eigenvalue weighted by molar-refractivity contribution is 5.71. The minimum absolute atomic E-state index is 0.256. The molecule has 0 fully saturated rings. The van der Waals surface area contributed by atoms with Crippen molar-refractivity contribution >= 4 is 12.3 Å². The SMILES string of the molecule is C[C@@H](O[C@@H]([C@H](O)[C@H](O)CO)[C@@H](N)C=O)C(=O)O. The summed E-state index contributed by atoms with van der Waals surface area (Å²) in [5, 5.41) is 36.0. The highest BCUT2D eigenvalue weighted by Gasteiger charge is 2.34. The van der Waals surface area contributed by atoms with Crippen LogP contribution in [-0.2, 0) is 14.3 Å². The largest absolute Gasteiger partial charge is 0.479 e. The van der Waals surface area contributed by atoms with Crippen LogP contribution in [0.3, 0.4) is 0 Å². The van der Waals surface area contributed by atoms with Crippen molar-refractivity contribution in [2.45, 2.75) is 37.4 Å². The molecule has 17 heavy (non-hydrogen) atoms. The van der Waals surface area contributed by atoms with E-state index in [1.165, 1.54) is 6.92 Å². The molecular weight excluding hydrogens is 234 g/mol. The van der Waals surface area contributed by atoms with Crippen LogP contribution in [0.2, 0.25) is 0 Å². The van der Waals surface area contributed by atoms with E-state index in [1.54, 1.807) is 0 Å². The van der Waals surface area contributed by atoms with Crippen LogP contribution in [0.25, 0.3) is 0 Å². The Labute approximate surface area is 97.6 Å². The van der Waals surface area contributed by atoms with Gasteiger partial charge in [0.05, 0.1) is 12.6 Å². The molecule has 0 aliphatic rings. The zero-order chi connectivity index (χ0) is 13.6. The van der Waals surface area contributed by atoms with Crippen LogP contribution in [0.5, 0.6) is 0 Å². The summed E-state index contributed by atoms with van der Waals surface area (Å²) in [6.07, 6.45) is -5.71. The topological polar surface area (TPSA) is 150 Å². The number of aliphatic carboxylic acids is 1. The van der Waals surface area contributed by atoms with Crippen molar-refractivity contribution in [1.82, 2.24) is 0 Å². The smallest absolute Gasteiger partial charge is 0.332 e. The molecule has 6 N–H and O–H groups in total. The Morgan fingerprint density at radius 1 is 1.47 bits per heavy atom. The Hall–Kier alpha value is -1.06. The summed E-state index contributed by atoms with van der Waals surface area (Å²) in [6, 6.07) is -1.31. The van der Waals surface area contributed by atoms with E-state index in [1.807, 2.05) is 0 Å². The fourth-order valence-corrected chi connectivity index (χ4v) is 1.10. The molecule has 8 heteroatoms. The van der Waals surface area contributed by atoms with Crippen LogP contribution in [-0.4, -0.2) is 69.7 Å². The van der Waals surface area contributed by atoms with Crippen LogP contribution in [0, 0.1) is 0 Å². The average Bonchev–Trinajstić information content (AvgIpc) is 2.32. The number of ether oxygens (including phenoxy) is 1. The molecular formula is C9H17NO7. The number of hydrogen-bond donors (Lipinski definition) is 5. The number of carboxylic acids is 1. The molecule has 0 aliphatic carbocycles. The number of hydrogen-bond acceptors (Lipinski definition) is 7. The Bertz CT molecular complexity index is 260. The van der Waals surface area contributed by atoms with Crippen LogP contribution < -0.4 is 5.73 Å². The molecule has 100 valence electrons. The number of nitrogens with two attached hydrogens (primary N) is 1. The van der Waals surface area contributed by atoms with Crippen LogP contribution in [0.1, 0.15) is 6.92 Å². The lowest BCUT2D eigenvalue weighted by Gasteiger charge is -2.29. The van der Waals surface area contributed by atoms with Gasteiger partial charge in [0.25, 0.3) is 0 Å². The van der Waals surface area contributed by atoms with Crippen molar-refractivity contribution in [3.05, 3.63) is 0 Å². The number of aliphatic hydroxyl groups is 3. The standard InChI is InChI=1S/C9H17NO7/c1-4(9(15)16)17-8(5(10)2-11)7(14)6(13)3-12/h2,4-8,12-14H,3,10H2,1H3,(H,15,16)/t4-,5+,6-,7-,8-/m1/s1. The average molecular weight is 251 g/mol. The number of carbonyl (C=O) groups is 2. The molecule has 0 heterocycles. The van der Waals surface area contributed by atoms with Crippen LogP contribution >= 0.6 is 0 Å². The Morgan fingerprint density at radius 2 is 2.00 bits per heavy atom. The van der Waals surface area contributed by atoms with E-state index in [-0.39, 0.29) is 6.29 Å². The van der Waals surface area contributed by atoms with E-state index in [9.17, 15) is 19.8 Å². The minimum Gasteiger partial charge on any atom is -0.479 e. The molecule has 0 aromatic heterocycles. The van der Waals surface area contributed by atoms with Gasteiger partial charge in [0.2, 0.25) is 0 Å². The summed E-state index contributed by atoms with van der Waals surface area (Å²) in [6.45, 7) is 0.416. The zero-order valence-corrected chi connectivity index (χ0v) is 9.26. The highest BCUT2D eigenvalue weighted by Crippen LogP contribution is 2.10. The van der Waals surface area contributed by atoms with E-state index in [2.05, 4.69) is 0 Å². The molecule has 0 radical (unpaired) electrons. The molecule has 8 nitrogen and oxygen atoms in total. The van der Waals surface area contributed by atoms with Gasteiger partial charge in [-0.05, 0) is 6.92 Å². The zero-order valence-electron chi connectivity index (χ0n) is 9.26. The molecule has 0 saturated heterocycles. The fraction of sp³-hybridized carbons (Fsp3) is 0.778. The normalized spacial score (nSPS) is 20.1. The fourth-order valence-electron chi connectivity index (χ4n) is 1.10. The lowest BCUT2D eigenvalue weighted by Crippen LogP contribution is -2.53. The molecule has 0 rings (SSSR count). The molecule has 5 atom stereocenters. The lowest BCUT2D eigenvalue weighted by molar-refractivity contribution is -0.166. The van der Waals surface area contributed by atoms with Crippen molar-refractivity contribution in [3.8, 4) is 0 Å². The molecule has 0 aliphatic heterocycles. The van der Waals surface area contributed by atoms with E-state index in [4.69, 9.17) is 20.7 Å². The van der Waals surface area contributed by atoms with Crippen molar-refractivity contribution in [2.24, 2.45) is 5.73 Å². The molecule has 0 unspecified atom stereocenters. The van der Waals surface area contributed by atoms with Gasteiger partial charge in [-0.3, -0.25) is 0 Å².